The van der Waals surface area contributed by atoms with E-state index in [1.807, 2.05) is 0 Å². The third-order valence-electron chi connectivity index (χ3n) is 5.79. The highest BCUT2D eigenvalue weighted by Crippen LogP contribution is 2.33. The quantitative estimate of drug-likeness (QED) is 0.771. The molecule has 0 saturated heterocycles. The first-order valence-corrected chi connectivity index (χ1v) is 8.70. The summed E-state index contributed by atoms with van der Waals surface area (Å²) in [5.74, 6) is 3.18. The molecule has 0 spiro atoms. The van der Waals surface area contributed by atoms with Gasteiger partial charge in [0.1, 0.15) is 5.78 Å². The minimum atomic E-state index is 0.304. The van der Waals surface area contributed by atoms with Gasteiger partial charge >= 0.3 is 0 Å². The SMILES string of the molecule is CC1CCCC(N(C)CC2CC(C(C)C)CCC2=O)C1. The maximum Gasteiger partial charge on any atom is 0.137 e. The van der Waals surface area contributed by atoms with Crippen molar-refractivity contribution < 1.29 is 4.79 Å². The average Bonchev–Trinajstić information content (AvgIpc) is 2.41. The van der Waals surface area contributed by atoms with E-state index >= 15 is 0 Å². The standard InChI is InChI=1S/C18H33NO/c1-13(2)15-8-9-18(20)16(11-15)12-19(4)17-7-5-6-14(3)10-17/h13-17H,5-12H2,1-4H3. The Morgan fingerprint density at radius 1 is 1.20 bits per heavy atom. The van der Waals surface area contributed by atoms with Gasteiger partial charge in [0.05, 0.1) is 0 Å². The largest absolute Gasteiger partial charge is 0.303 e. The molecule has 20 heavy (non-hydrogen) atoms. The van der Waals surface area contributed by atoms with E-state index in [1.165, 1.54) is 25.7 Å². The monoisotopic (exact) mass is 279 g/mol. The minimum Gasteiger partial charge on any atom is -0.303 e. The van der Waals surface area contributed by atoms with Crippen molar-refractivity contribution in [2.24, 2.45) is 23.7 Å². The van der Waals surface area contributed by atoms with Gasteiger partial charge in [-0.25, -0.2) is 0 Å². The smallest absolute Gasteiger partial charge is 0.137 e. The van der Waals surface area contributed by atoms with Gasteiger partial charge in [-0.1, -0.05) is 33.6 Å². The van der Waals surface area contributed by atoms with Crippen LogP contribution < -0.4 is 0 Å². The Balaban J connectivity index is 1.88. The van der Waals surface area contributed by atoms with Crippen LogP contribution in [0.5, 0.6) is 0 Å². The number of carbonyl (C=O) groups excluding carboxylic acids is 1. The molecule has 2 saturated carbocycles. The number of nitrogens with zero attached hydrogens (tertiary/aromatic N) is 1. The van der Waals surface area contributed by atoms with Gasteiger partial charge in [0.15, 0.2) is 0 Å². The van der Waals surface area contributed by atoms with Crippen LogP contribution in [0, 0.1) is 23.7 Å². The zero-order valence-corrected chi connectivity index (χ0v) is 13.9. The van der Waals surface area contributed by atoms with E-state index in [9.17, 15) is 4.79 Å². The number of ketones is 1. The van der Waals surface area contributed by atoms with E-state index in [4.69, 9.17) is 0 Å². The van der Waals surface area contributed by atoms with Crippen LogP contribution in [-0.4, -0.2) is 30.3 Å². The lowest BCUT2D eigenvalue weighted by atomic mass is 9.75. The fourth-order valence-electron chi connectivity index (χ4n) is 4.23. The minimum absolute atomic E-state index is 0.304. The van der Waals surface area contributed by atoms with Crippen molar-refractivity contribution in [2.75, 3.05) is 13.6 Å². The van der Waals surface area contributed by atoms with Gasteiger partial charge in [0, 0.05) is 24.9 Å². The van der Waals surface area contributed by atoms with E-state index in [1.54, 1.807) is 0 Å². The normalized spacial score (nSPS) is 35.8. The summed E-state index contributed by atoms with van der Waals surface area (Å²) in [6.07, 6.45) is 8.48. The lowest BCUT2D eigenvalue weighted by Gasteiger charge is -2.38. The zero-order valence-electron chi connectivity index (χ0n) is 13.9. The number of Topliss-reactive ketones (excluding diaryl/α,β-unsaturated/α-hetero) is 1. The Kier molecular flexibility index (Phi) is 5.65. The van der Waals surface area contributed by atoms with Crippen molar-refractivity contribution in [1.82, 2.24) is 4.90 Å². The van der Waals surface area contributed by atoms with Crippen LogP contribution in [0.1, 0.15) is 65.7 Å². The zero-order chi connectivity index (χ0) is 14.7. The summed E-state index contributed by atoms with van der Waals surface area (Å²) in [7, 11) is 2.25. The van der Waals surface area contributed by atoms with Crippen LogP contribution in [0.2, 0.25) is 0 Å². The Morgan fingerprint density at radius 2 is 1.95 bits per heavy atom. The fraction of sp³-hybridized carbons (Fsp3) is 0.944. The predicted octanol–water partition coefficient (Wildman–Crippen LogP) is 4.14. The van der Waals surface area contributed by atoms with E-state index in [-0.39, 0.29) is 0 Å². The molecule has 4 atom stereocenters. The first-order valence-electron chi connectivity index (χ1n) is 8.70. The molecule has 2 fully saturated rings. The molecule has 4 unspecified atom stereocenters. The fourth-order valence-corrected chi connectivity index (χ4v) is 4.23. The first-order chi connectivity index (χ1) is 9.47. The summed E-state index contributed by atoms with van der Waals surface area (Å²) >= 11 is 0. The first kappa shape index (κ1) is 16.0. The van der Waals surface area contributed by atoms with E-state index in [2.05, 4.69) is 32.7 Å². The Bertz CT molecular complexity index is 325. The van der Waals surface area contributed by atoms with Crippen molar-refractivity contribution >= 4 is 5.78 Å². The van der Waals surface area contributed by atoms with Crippen molar-refractivity contribution in [2.45, 2.75) is 71.8 Å². The van der Waals surface area contributed by atoms with Gasteiger partial charge < -0.3 is 4.90 Å². The molecule has 2 heteroatoms. The second kappa shape index (κ2) is 7.06. The second-order valence-electron chi connectivity index (χ2n) is 7.81. The molecule has 116 valence electrons. The number of rotatable bonds is 4. The van der Waals surface area contributed by atoms with Crippen LogP contribution in [0.3, 0.4) is 0 Å². The summed E-state index contributed by atoms with van der Waals surface area (Å²) in [5.41, 5.74) is 0. The third-order valence-corrected chi connectivity index (χ3v) is 5.79. The molecular formula is C18H33NO. The molecule has 2 nitrogen and oxygen atoms in total. The third kappa shape index (κ3) is 4.07. The summed E-state index contributed by atoms with van der Waals surface area (Å²) in [5, 5.41) is 0. The van der Waals surface area contributed by atoms with Gasteiger partial charge in [-0.2, -0.15) is 0 Å². The maximum absolute atomic E-state index is 12.2. The van der Waals surface area contributed by atoms with Crippen molar-refractivity contribution in [3.8, 4) is 0 Å². The molecular weight excluding hydrogens is 246 g/mol. The van der Waals surface area contributed by atoms with Crippen LogP contribution in [0.25, 0.3) is 0 Å². The number of hydrogen-bond acceptors (Lipinski definition) is 2. The van der Waals surface area contributed by atoms with Gasteiger partial charge in [-0.05, 0) is 50.5 Å². The summed E-state index contributed by atoms with van der Waals surface area (Å²) in [6, 6.07) is 0.714. The summed E-state index contributed by atoms with van der Waals surface area (Å²) in [4.78, 5) is 14.7. The highest BCUT2D eigenvalue weighted by Gasteiger charge is 2.32. The second-order valence-corrected chi connectivity index (χ2v) is 7.81. The van der Waals surface area contributed by atoms with Crippen molar-refractivity contribution in [3.05, 3.63) is 0 Å². The van der Waals surface area contributed by atoms with Crippen LogP contribution in [0.15, 0.2) is 0 Å². The molecule has 0 radical (unpaired) electrons. The van der Waals surface area contributed by atoms with Crippen molar-refractivity contribution in [3.63, 3.8) is 0 Å². The highest BCUT2D eigenvalue weighted by atomic mass is 16.1. The molecule has 0 bridgehead atoms. The van der Waals surface area contributed by atoms with E-state index in [0.29, 0.717) is 17.7 Å². The van der Waals surface area contributed by atoms with Crippen LogP contribution in [-0.2, 0) is 4.79 Å². The molecule has 0 aromatic heterocycles. The van der Waals surface area contributed by atoms with Gasteiger partial charge in [0.2, 0.25) is 0 Å². The lowest BCUT2D eigenvalue weighted by molar-refractivity contribution is -0.126. The van der Waals surface area contributed by atoms with Gasteiger partial charge in [0.25, 0.3) is 0 Å². The predicted molar refractivity (Wildman–Crippen MR) is 84.7 cm³/mol. The summed E-state index contributed by atoms with van der Waals surface area (Å²) in [6.45, 7) is 7.99. The molecule has 0 aromatic carbocycles. The molecule has 0 heterocycles. The molecule has 0 aromatic rings. The van der Waals surface area contributed by atoms with E-state index < -0.39 is 0 Å². The van der Waals surface area contributed by atoms with Crippen molar-refractivity contribution in [1.29, 1.82) is 0 Å². The molecule has 2 aliphatic rings. The number of carbonyl (C=O) groups is 1. The Labute approximate surface area is 125 Å². The van der Waals surface area contributed by atoms with E-state index in [0.717, 1.165) is 43.6 Å². The number of hydrogen-bond donors (Lipinski definition) is 0. The Hall–Kier alpha value is -0.370. The molecule has 0 amide bonds. The molecule has 0 aliphatic heterocycles. The Morgan fingerprint density at radius 3 is 2.60 bits per heavy atom. The van der Waals surface area contributed by atoms with Crippen LogP contribution >= 0.6 is 0 Å². The summed E-state index contributed by atoms with van der Waals surface area (Å²) < 4.78 is 0. The topological polar surface area (TPSA) is 20.3 Å². The lowest BCUT2D eigenvalue weighted by Crippen LogP contribution is -2.42. The maximum atomic E-state index is 12.2. The van der Waals surface area contributed by atoms with Gasteiger partial charge in [-0.3, -0.25) is 4.79 Å². The highest BCUT2D eigenvalue weighted by molar-refractivity contribution is 5.82. The van der Waals surface area contributed by atoms with Gasteiger partial charge in [-0.15, -0.1) is 0 Å². The van der Waals surface area contributed by atoms with Crippen LogP contribution in [0.4, 0.5) is 0 Å². The molecule has 2 aliphatic carbocycles. The molecule has 0 N–H and O–H groups in total. The molecule has 2 rings (SSSR count). The average molecular weight is 279 g/mol.